The van der Waals surface area contributed by atoms with E-state index in [1.54, 1.807) is 24.6 Å². The summed E-state index contributed by atoms with van der Waals surface area (Å²) in [6.07, 6.45) is 3.33. The van der Waals surface area contributed by atoms with E-state index in [2.05, 4.69) is 51.5 Å². The van der Waals surface area contributed by atoms with Crippen molar-refractivity contribution in [1.82, 2.24) is 0 Å². The topological polar surface area (TPSA) is 65.2 Å². The third-order valence-corrected chi connectivity index (χ3v) is 5.35. The lowest BCUT2D eigenvalue weighted by Gasteiger charge is -2.19. The number of rotatable bonds is 4. The van der Waals surface area contributed by atoms with Gasteiger partial charge in [-0.2, -0.15) is 0 Å². The standard InChI is InChI=1S/C28H32N2O2/c1-27(2,3)21-11-13-25(31)19(15-21)17-29-23-9-7-8-10-24(23)30-18-20-16-22(28(4,5)6)12-14-26(20)32/h7-18,31-32H,1-6H3. The minimum atomic E-state index is -0.0257. The summed E-state index contributed by atoms with van der Waals surface area (Å²) in [5.74, 6) is 0.373. The van der Waals surface area contributed by atoms with Gasteiger partial charge in [0.25, 0.3) is 0 Å². The van der Waals surface area contributed by atoms with Crippen LogP contribution in [0.5, 0.6) is 11.5 Å². The van der Waals surface area contributed by atoms with Gasteiger partial charge in [-0.15, -0.1) is 0 Å². The summed E-state index contributed by atoms with van der Waals surface area (Å²) in [6, 6.07) is 18.7. The van der Waals surface area contributed by atoms with Crippen molar-refractivity contribution in [1.29, 1.82) is 0 Å². The van der Waals surface area contributed by atoms with Crippen molar-refractivity contribution >= 4 is 23.8 Å². The fraction of sp³-hybridized carbons (Fsp3) is 0.286. The summed E-state index contributed by atoms with van der Waals surface area (Å²) in [7, 11) is 0. The molecule has 0 unspecified atom stereocenters. The van der Waals surface area contributed by atoms with Crippen molar-refractivity contribution in [3.05, 3.63) is 82.9 Å². The Morgan fingerprint density at radius 3 is 1.31 bits per heavy atom. The highest BCUT2D eigenvalue weighted by atomic mass is 16.3. The second-order valence-corrected chi connectivity index (χ2v) is 10.1. The average molecular weight is 429 g/mol. The van der Waals surface area contributed by atoms with Gasteiger partial charge in [0.1, 0.15) is 11.5 Å². The first-order valence-electron chi connectivity index (χ1n) is 10.8. The number of benzene rings is 3. The third kappa shape index (κ3) is 5.64. The normalized spacial score (nSPS) is 12.7. The summed E-state index contributed by atoms with van der Waals surface area (Å²) < 4.78 is 0. The molecule has 0 aromatic heterocycles. The Labute approximate surface area is 191 Å². The summed E-state index contributed by atoms with van der Waals surface area (Å²) >= 11 is 0. The molecule has 4 nitrogen and oxygen atoms in total. The number of hydrogen-bond donors (Lipinski definition) is 2. The minimum Gasteiger partial charge on any atom is -0.507 e. The number of phenols is 2. The van der Waals surface area contributed by atoms with E-state index in [0.29, 0.717) is 22.5 Å². The Morgan fingerprint density at radius 2 is 0.969 bits per heavy atom. The van der Waals surface area contributed by atoms with Crippen LogP contribution >= 0.6 is 0 Å². The van der Waals surface area contributed by atoms with E-state index in [0.717, 1.165) is 11.1 Å². The van der Waals surface area contributed by atoms with E-state index in [4.69, 9.17) is 0 Å². The van der Waals surface area contributed by atoms with Gasteiger partial charge in [-0.25, -0.2) is 0 Å². The van der Waals surface area contributed by atoms with Crippen molar-refractivity contribution in [2.24, 2.45) is 9.98 Å². The van der Waals surface area contributed by atoms with Crippen LogP contribution in [0.4, 0.5) is 11.4 Å². The van der Waals surface area contributed by atoms with E-state index in [-0.39, 0.29) is 22.3 Å². The van der Waals surface area contributed by atoms with Gasteiger partial charge in [0.05, 0.1) is 11.4 Å². The van der Waals surface area contributed by atoms with Gasteiger partial charge in [-0.05, 0) is 58.4 Å². The Balaban J connectivity index is 1.93. The summed E-state index contributed by atoms with van der Waals surface area (Å²) in [5.41, 5.74) is 4.86. The molecule has 0 saturated carbocycles. The quantitative estimate of drug-likeness (QED) is 0.432. The van der Waals surface area contributed by atoms with E-state index in [1.807, 2.05) is 48.5 Å². The molecule has 0 fully saturated rings. The van der Waals surface area contributed by atoms with Gasteiger partial charge in [0, 0.05) is 23.6 Å². The Hall–Kier alpha value is -3.40. The second kappa shape index (κ2) is 8.99. The number of hydrogen-bond acceptors (Lipinski definition) is 4. The van der Waals surface area contributed by atoms with Crippen LogP contribution in [0.15, 0.2) is 70.6 Å². The molecule has 3 rings (SSSR count). The largest absolute Gasteiger partial charge is 0.507 e. The molecule has 2 N–H and O–H groups in total. The van der Waals surface area contributed by atoms with Gasteiger partial charge in [-0.3, -0.25) is 9.98 Å². The van der Waals surface area contributed by atoms with Crippen LogP contribution in [0, 0.1) is 0 Å². The smallest absolute Gasteiger partial charge is 0.124 e. The zero-order valence-corrected chi connectivity index (χ0v) is 19.7. The zero-order chi connectivity index (χ0) is 23.5. The first-order valence-corrected chi connectivity index (χ1v) is 10.8. The molecule has 0 atom stereocenters. The van der Waals surface area contributed by atoms with Gasteiger partial charge >= 0.3 is 0 Å². The van der Waals surface area contributed by atoms with Crippen molar-refractivity contribution in [2.75, 3.05) is 0 Å². The predicted molar refractivity (Wildman–Crippen MR) is 135 cm³/mol. The summed E-state index contributed by atoms with van der Waals surface area (Å²) in [6.45, 7) is 12.8. The Kier molecular flexibility index (Phi) is 6.54. The first-order chi connectivity index (χ1) is 14.9. The third-order valence-electron chi connectivity index (χ3n) is 5.35. The summed E-state index contributed by atoms with van der Waals surface area (Å²) in [5, 5.41) is 20.5. The van der Waals surface area contributed by atoms with Crippen LogP contribution in [-0.4, -0.2) is 22.6 Å². The van der Waals surface area contributed by atoms with Crippen LogP contribution in [0.2, 0.25) is 0 Å². The predicted octanol–water partition coefficient (Wildman–Crippen LogP) is 7.19. The van der Waals surface area contributed by atoms with Crippen molar-refractivity contribution in [3.63, 3.8) is 0 Å². The first kappa shape index (κ1) is 23.3. The molecular formula is C28H32N2O2. The maximum Gasteiger partial charge on any atom is 0.124 e. The lowest BCUT2D eigenvalue weighted by Crippen LogP contribution is -2.11. The van der Waals surface area contributed by atoms with Crippen LogP contribution < -0.4 is 0 Å². The monoisotopic (exact) mass is 428 g/mol. The molecule has 0 amide bonds. The molecule has 0 aliphatic carbocycles. The molecule has 0 heterocycles. The number of aliphatic imine (C=N–C) groups is 2. The van der Waals surface area contributed by atoms with Crippen molar-refractivity contribution in [3.8, 4) is 11.5 Å². The zero-order valence-electron chi connectivity index (χ0n) is 19.7. The van der Waals surface area contributed by atoms with E-state index < -0.39 is 0 Å². The molecule has 3 aromatic rings. The maximum absolute atomic E-state index is 10.3. The van der Waals surface area contributed by atoms with Crippen molar-refractivity contribution in [2.45, 2.75) is 52.4 Å². The molecule has 0 spiro atoms. The van der Waals surface area contributed by atoms with Gasteiger partial charge in [-0.1, -0.05) is 65.8 Å². The number of phenolic OH excluding ortho intramolecular Hbond substituents is 2. The maximum atomic E-state index is 10.3. The Bertz CT molecular complexity index is 1070. The molecular weight excluding hydrogens is 396 g/mol. The van der Waals surface area contributed by atoms with E-state index in [9.17, 15) is 10.2 Å². The molecule has 3 aromatic carbocycles. The van der Waals surface area contributed by atoms with Gasteiger partial charge < -0.3 is 10.2 Å². The molecule has 0 bridgehead atoms. The van der Waals surface area contributed by atoms with Crippen LogP contribution in [0.25, 0.3) is 0 Å². The lowest BCUT2D eigenvalue weighted by molar-refractivity contribution is 0.472. The van der Waals surface area contributed by atoms with Gasteiger partial charge in [0.15, 0.2) is 0 Å². The summed E-state index contributed by atoms with van der Waals surface area (Å²) in [4.78, 5) is 9.18. The van der Waals surface area contributed by atoms with Crippen LogP contribution in [-0.2, 0) is 10.8 Å². The molecule has 0 aliphatic heterocycles. The number of nitrogens with zero attached hydrogens (tertiary/aromatic N) is 2. The van der Waals surface area contributed by atoms with E-state index in [1.165, 1.54) is 0 Å². The highest BCUT2D eigenvalue weighted by Crippen LogP contribution is 2.31. The molecule has 0 saturated heterocycles. The van der Waals surface area contributed by atoms with Crippen molar-refractivity contribution < 1.29 is 10.2 Å². The van der Waals surface area contributed by atoms with Crippen LogP contribution in [0.1, 0.15) is 63.8 Å². The molecule has 0 aliphatic rings. The van der Waals surface area contributed by atoms with Gasteiger partial charge in [0.2, 0.25) is 0 Å². The highest BCUT2D eigenvalue weighted by molar-refractivity contribution is 5.89. The molecule has 32 heavy (non-hydrogen) atoms. The molecule has 0 radical (unpaired) electrons. The highest BCUT2D eigenvalue weighted by Gasteiger charge is 2.16. The van der Waals surface area contributed by atoms with Crippen LogP contribution in [0.3, 0.4) is 0 Å². The lowest BCUT2D eigenvalue weighted by atomic mass is 9.86. The molecule has 4 heteroatoms. The van der Waals surface area contributed by atoms with E-state index >= 15 is 0 Å². The number of para-hydroxylation sites is 2. The minimum absolute atomic E-state index is 0.0257. The number of aromatic hydroxyl groups is 2. The Morgan fingerprint density at radius 1 is 0.594 bits per heavy atom. The fourth-order valence-corrected chi connectivity index (χ4v) is 3.21. The molecule has 166 valence electrons. The average Bonchev–Trinajstić information content (AvgIpc) is 2.71. The fourth-order valence-electron chi connectivity index (χ4n) is 3.21. The second-order valence-electron chi connectivity index (χ2n) is 10.1. The SMILES string of the molecule is CC(C)(C)c1ccc(O)c(C=Nc2ccccc2N=Cc2cc(C(C)(C)C)ccc2O)c1.